The van der Waals surface area contributed by atoms with Gasteiger partial charge in [0, 0.05) is 12.2 Å². The molecule has 39 heavy (non-hydrogen) atoms. The molecule has 0 fully saturated rings. The van der Waals surface area contributed by atoms with Crippen LogP contribution in [0.5, 0.6) is 0 Å². The van der Waals surface area contributed by atoms with Crippen molar-refractivity contribution in [2.45, 2.75) is 32.4 Å². The number of nitrogens with one attached hydrogen (secondary N) is 1. The van der Waals surface area contributed by atoms with Gasteiger partial charge in [0.05, 0.1) is 24.0 Å². The molecule has 5 aromatic rings. The summed E-state index contributed by atoms with van der Waals surface area (Å²) >= 11 is 0. The average Bonchev–Trinajstić information content (AvgIpc) is 3.33. The molecule has 2 heterocycles. The fourth-order valence-electron chi connectivity index (χ4n) is 5.32. The number of hydrogen-bond acceptors (Lipinski definition) is 3. The van der Waals surface area contributed by atoms with E-state index in [1.165, 1.54) is 5.56 Å². The minimum atomic E-state index is -0.0858. The lowest BCUT2D eigenvalue weighted by atomic mass is 10.0. The molecule has 6 heteroatoms. The third-order valence-corrected chi connectivity index (χ3v) is 7.31. The van der Waals surface area contributed by atoms with E-state index in [-0.39, 0.29) is 31.3 Å². The van der Waals surface area contributed by atoms with E-state index < -0.39 is 0 Å². The number of rotatable bonds is 7. The molecule has 194 valence electrons. The van der Waals surface area contributed by atoms with E-state index in [4.69, 9.17) is 4.98 Å². The Morgan fingerprint density at radius 2 is 1.51 bits per heavy atom. The van der Waals surface area contributed by atoms with Gasteiger partial charge < -0.3 is 14.8 Å². The van der Waals surface area contributed by atoms with Crippen molar-refractivity contribution in [3.05, 3.63) is 120 Å². The van der Waals surface area contributed by atoms with Gasteiger partial charge in [0.2, 0.25) is 11.8 Å². The number of aromatic nitrogens is 2. The predicted molar refractivity (Wildman–Crippen MR) is 154 cm³/mol. The van der Waals surface area contributed by atoms with Gasteiger partial charge in [0.15, 0.2) is 0 Å². The Bertz CT molecular complexity index is 1620. The third-order valence-electron chi connectivity index (χ3n) is 7.31. The van der Waals surface area contributed by atoms with Gasteiger partial charge in [-0.05, 0) is 53.3 Å². The van der Waals surface area contributed by atoms with Crippen LogP contribution >= 0.6 is 0 Å². The molecule has 0 aliphatic carbocycles. The van der Waals surface area contributed by atoms with Crippen molar-refractivity contribution < 1.29 is 9.59 Å². The highest BCUT2D eigenvalue weighted by molar-refractivity contribution is 5.95. The molecule has 0 radical (unpaired) electrons. The number of nitrogens with zero attached hydrogens (tertiary/aromatic N) is 3. The van der Waals surface area contributed by atoms with E-state index in [2.05, 4.69) is 23.5 Å². The third kappa shape index (κ3) is 5.32. The molecule has 1 aliphatic heterocycles. The van der Waals surface area contributed by atoms with Crippen LogP contribution in [0.15, 0.2) is 103 Å². The second kappa shape index (κ2) is 11.0. The fraction of sp³-hybridized carbons (Fsp3) is 0.182. The maximum absolute atomic E-state index is 13.5. The van der Waals surface area contributed by atoms with Gasteiger partial charge in [-0.15, -0.1) is 0 Å². The highest BCUT2D eigenvalue weighted by Gasteiger charge is 2.24. The van der Waals surface area contributed by atoms with Crippen molar-refractivity contribution in [2.75, 3.05) is 11.4 Å². The van der Waals surface area contributed by atoms with Crippen molar-refractivity contribution in [3.8, 4) is 11.1 Å². The van der Waals surface area contributed by atoms with E-state index in [1.54, 1.807) is 0 Å². The quantitative estimate of drug-likeness (QED) is 0.310. The molecule has 1 aromatic heterocycles. The predicted octanol–water partition coefficient (Wildman–Crippen LogP) is 5.54. The van der Waals surface area contributed by atoms with E-state index in [9.17, 15) is 9.59 Å². The van der Waals surface area contributed by atoms with E-state index >= 15 is 0 Å². The van der Waals surface area contributed by atoms with Gasteiger partial charge in [0.1, 0.15) is 12.4 Å². The number of benzene rings is 4. The van der Waals surface area contributed by atoms with Crippen LogP contribution in [0, 0.1) is 0 Å². The lowest BCUT2D eigenvalue weighted by Gasteiger charge is -2.29. The number of para-hydroxylation sites is 3. The van der Waals surface area contributed by atoms with Crippen LogP contribution in [0.1, 0.15) is 23.4 Å². The molecular formula is C33H30N4O2. The number of imidazole rings is 1. The number of anilines is 1. The zero-order valence-corrected chi connectivity index (χ0v) is 21.7. The van der Waals surface area contributed by atoms with E-state index in [0.717, 1.165) is 46.3 Å². The summed E-state index contributed by atoms with van der Waals surface area (Å²) in [5.74, 6) is 0.608. The Morgan fingerprint density at radius 3 is 2.36 bits per heavy atom. The van der Waals surface area contributed by atoms with Crippen LogP contribution < -0.4 is 10.2 Å². The summed E-state index contributed by atoms with van der Waals surface area (Å²) in [6.07, 6.45) is 2.21. The Balaban J connectivity index is 1.16. The number of fused-ring (bicyclic) bond motifs is 2. The molecule has 6 nitrogen and oxygen atoms in total. The zero-order valence-electron chi connectivity index (χ0n) is 21.7. The molecule has 4 aromatic carbocycles. The van der Waals surface area contributed by atoms with Crippen molar-refractivity contribution >= 4 is 28.5 Å². The van der Waals surface area contributed by atoms with Crippen LogP contribution in [-0.4, -0.2) is 27.9 Å². The summed E-state index contributed by atoms with van der Waals surface area (Å²) in [5.41, 5.74) is 7.11. The van der Waals surface area contributed by atoms with Gasteiger partial charge in [-0.1, -0.05) is 84.9 Å². The maximum Gasteiger partial charge on any atom is 0.246 e. The minimum Gasteiger partial charge on any atom is -0.349 e. The number of amides is 2. The molecule has 1 aliphatic rings. The Kier molecular flexibility index (Phi) is 6.91. The summed E-state index contributed by atoms with van der Waals surface area (Å²) in [6, 6.07) is 34.2. The normalized spacial score (nSPS) is 12.8. The first-order valence-electron chi connectivity index (χ1n) is 13.4. The van der Waals surface area contributed by atoms with Gasteiger partial charge in [0.25, 0.3) is 0 Å². The Labute approximate surface area is 227 Å². The van der Waals surface area contributed by atoms with Gasteiger partial charge in [-0.3, -0.25) is 9.59 Å². The first-order valence-corrected chi connectivity index (χ1v) is 13.4. The average molecular weight is 515 g/mol. The number of carbonyl (C=O) groups is 2. The second-order valence-corrected chi connectivity index (χ2v) is 9.90. The maximum atomic E-state index is 13.5. The summed E-state index contributed by atoms with van der Waals surface area (Å²) in [6.45, 7) is 1.12. The van der Waals surface area contributed by atoms with E-state index in [0.29, 0.717) is 12.4 Å². The molecule has 0 atom stereocenters. The number of carbonyl (C=O) groups excluding carboxylic acids is 2. The van der Waals surface area contributed by atoms with Crippen LogP contribution in [0.25, 0.3) is 22.2 Å². The summed E-state index contributed by atoms with van der Waals surface area (Å²) in [5, 5.41) is 3.02. The molecule has 0 unspecified atom stereocenters. The lowest BCUT2D eigenvalue weighted by molar-refractivity contribution is -0.120. The smallest absolute Gasteiger partial charge is 0.246 e. The van der Waals surface area contributed by atoms with Crippen molar-refractivity contribution in [1.29, 1.82) is 0 Å². The van der Waals surface area contributed by atoms with Crippen molar-refractivity contribution in [3.63, 3.8) is 0 Å². The first-order chi connectivity index (χ1) is 19.2. The van der Waals surface area contributed by atoms with Crippen LogP contribution in [-0.2, 0) is 35.5 Å². The molecule has 0 bridgehead atoms. The Hall–Kier alpha value is -4.71. The van der Waals surface area contributed by atoms with Crippen LogP contribution in [0.3, 0.4) is 0 Å². The van der Waals surface area contributed by atoms with Crippen molar-refractivity contribution in [2.24, 2.45) is 0 Å². The second-order valence-electron chi connectivity index (χ2n) is 9.90. The number of hydrogen-bond donors (Lipinski definition) is 1. The molecule has 6 rings (SSSR count). The monoisotopic (exact) mass is 514 g/mol. The molecule has 1 N–H and O–H groups in total. The summed E-state index contributed by atoms with van der Waals surface area (Å²) < 4.78 is 1.93. The minimum absolute atomic E-state index is 0.0244. The van der Waals surface area contributed by atoms with Crippen LogP contribution in [0.4, 0.5) is 5.69 Å². The molecular weight excluding hydrogens is 484 g/mol. The standard InChI is InChI=1S/C33H30N4O2/c38-32(21-24-16-18-26(19-17-24)25-9-2-1-3-10-25)34-22-31-35-28-13-5-7-15-30(28)37(31)23-33(39)36-20-8-12-27-11-4-6-14-29(27)36/h1-7,9-11,13-19H,8,12,20-23H2,(H,34,38). The molecule has 0 saturated heterocycles. The van der Waals surface area contributed by atoms with Crippen molar-refractivity contribution in [1.82, 2.24) is 14.9 Å². The lowest BCUT2D eigenvalue weighted by Crippen LogP contribution is -2.38. The molecule has 2 amide bonds. The summed E-state index contributed by atoms with van der Waals surface area (Å²) in [7, 11) is 0. The Morgan fingerprint density at radius 1 is 0.795 bits per heavy atom. The molecule has 0 spiro atoms. The highest BCUT2D eigenvalue weighted by Crippen LogP contribution is 2.27. The van der Waals surface area contributed by atoms with Gasteiger partial charge >= 0.3 is 0 Å². The topological polar surface area (TPSA) is 67.2 Å². The van der Waals surface area contributed by atoms with Crippen LogP contribution in [0.2, 0.25) is 0 Å². The SMILES string of the molecule is O=C(Cc1ccc(-c2ccccc2)cc1)NCc1nc2ccccc2n1CC(=O)N1CCCc2ccccc21. The fourth-order valence-corrected chi connectivity index (χ4v) is 5.32. The summed E-state index contributed by atoms with van der Waals surface area (Å²) in [4.78, 5) is 33.0. The van der Waals surface area contributed by atoms with Gasteiger partial charge in [-0.25, -0.2) is 4.98 Å². The number of aryl methyl sites for hydroxylation is 1. The highest BCUT2D eigenvalue weighted by atomic mass is 16.2. The van der Waals surface area contributed by atoms with Gasteiger partial charge in [-0.2, -0.15) is 0 Å². The largest absolute Gasteiger partial charge is 0.349 e. The van der Waals surface area contributed by atoms with E-state index in [1.807, 2.05) is 94.4 Å². The first kappa shape index (κ1) is 24.6. The zero-order chi connectivity index (χ0) is 26.6. The molecule has 0 saturated carbocycles.